The summed E-state index contributed by atoms with van der Waals surface area (Å²) in [5.41, 5.74) is 2.52. The fourth-order valence-corrected chi connectivity index (χ4v) is 3.17. The number of nitrogens with one attached hydrogen (secondary N) is 1. The van der Waals surface area contributed by atoms with E-state index in [2.05, 4.69) is 22.2 Å². The summed E-state index contributed by atoms with van der Waals surface area (Å²) in [5.74, 6) is -0.659. The smallest absolute Gasteiger partial charge is 0.227 e. The van der Waals surface area contributed by atoms with E-state index >= 15 is 0 Å². The highest BCUT2D eigenvalue weighted by atomic mass is 19.1. The molecule has 1 atom stereocenters. The summed E-state index contributed by atoms with van der Waals surface area (Å²) in [6.45, 7) is 5.97. The van der Waals surface area contributed by atoms with E-state index in [1.54, 1.807) is 18.2 Å². The summed E-state index contributed by atoms with van der Waals surface area (Å²) in [6.07, 6.45) is 0.387. The molecule has 138 valence electrons. The number of benzene rings is 2. The molecule has 0 bridgehead atoms. The van der Waals surface area contributed by atoms with Crippen LogP contribution < -0.4 is 10.2 Å². The Hall–Kier alpha value is -2.40. The first kappa shape index (κ1) is 18.4. The van der Waals surface area contributed by atoms with E-state index in [-0.39, 0.29) is 17.6 Å². The Bertz CT molecular complexity index is 739. The molecular weight excluding hydrogens is 329 g/mol. The lowest BCUT2D eigenvalue weighted by molar-refractivity contribution is -0.119. The van der Waals surface area contributed by atoms with Crippen molar-refractivity contribution >= 4 is 17.3 Å². The van der Waals surface area contributed by atoms with Gasteiger partial charge < -0.3 is 15.1 Å². The van der Waals surface area contributed by atoms with Crippen molar-refractivity contribution in [1.29, 1.82) is 0 Å². The Labute approximate surface area is 154 Å². The largest absolute Gasteiger partial charge is 0.369 e. The highest BCUT2D eigenvalue weighted by molar-refractivity contribution is 5.92. The second-order valence-corrected chi connectivity index (χ2v) is 7.02. The lowest BCUT2D eigenvalue weighted by Gasteiger charge is -2.34. The van der Waals surface area contributed by atoms with Gasteiger partial charge in [-0.1, -0.05) is 25.1 Å². The number of hydrogen-bond acceptors (Lipinski definition) is 3. The normalized spacial score (nSPS) is 16.3. The van der Waals surface area contributed by atoms with E-state index in [4.69, 9.17) is 0 Å². The maximum absolute atomic E-state index is 13.7. The molecule has 1 saturated heterocycles. The first-order valence-electron chi connectivity index (χ1n) is 9.11. The molecule has 1 heterocycles. The zero-order valence-electron chi connectivity index (χ0n) is 15.4. The average Bonchev–Trinajstić information content (AvgIpc) is 2.65. The van der Waals surface area contributed by atoms with Gasteiger partial charge in [0.15, 0.2) is 0 Å². The minimum Gasteiger partial charge on any atom is -0.369 e. The van der Waals surface area contributed by atoms with Crippen molar-refractivity contribution < 1.29 is 9.18 Å². The van der Waals surface area contributed by atoms with Crippen molar-refractivity contribution in [3.8, 4) is 0 Å². The van der Waals surface area contributed by atoms with Gasteiger partial charge >= 0.3 is 0 Å². The highest BCUT2D eigenvalue weighted by Gasteiger charge is 2.17. The monoisotopic (exact) mass is 355 g/mol. The number of likely N-dealkylation sites (N-methyl/N-ethyl adjacent to an activating group) is 1. The molecule has 3 rings (SSSR count). The molecule has 4 nitrogen and oxygen atoms in total. The van der Waals surface area contributed by atoms with Gasteiger partial charge in [-0.05, 0) is 49.4 Å². The van der Waals surface area contributed by atoms with Crippen molar-refractivity contribution in [2.24, 2.45) is 5.92 Å². The number of piperazine rings is 1. The van der Waals surface area contributed by atoms with Crippen LogP contribution in [0.15, 0.2) is 48.5 Å². The van der Waals surface area contributed by atoms with Crippen LogP contribution in [0.5, 0.6) is 0 Å². The third-order valence-electron chi connectivity index (χ3n) is 4.93. The van der Waals surface area contributed by atoms with Crippen LogP contribution >= 0.6 is 0 Å². The zero-order chi connectivity index (χ0) is 18.5. The predicted molar refractivity (Wildman–Crippen MR) is 104 cm³/mol. The van der Waals surface area contributed by atoms with Crippen LogP contribution in [-0.4, -0.2) is 44.0 Å². The van der Waals surface area contributed by atoms with E-state index < -0.39 is 0 Å². The van der Waals surface area contributed by atoms with Crippen LogP contribution in [0.4, 0.5) is 15.8 Å². The molecule has 0 radical (unpaired) electrons. The van der Waals surface area contributed by atoms with Gasteiger partial charge in [-0.2, -0.15) is 0 Å². The van der Waals surface area contributed by atoms with E-state index in [1.807, 2.05) is 31.2 Å². The van der Waals surface area contributed by atoms with Gasteiger partial charge in [0.1, 0.15) is 5.82 Å². The third kappa shape index (κ3) is 4.61. The summed E-state index contributed by atoms with van der Waals surface area (Å²) < 4.78 is 13.7. The van der Waals surface area contributed by atoms with Crippen LogP contribution in [-0.2, 0) is 11.2 Å². The molecule has 0 spiro atoms. The van der Waals surface area contributed by atoms with E-state index in [1.165, 1.54) is 11.8 Å². The summed E-state index contributed by atoms with van der Waals surface area (Å²) in [7, 11) is 2.14. The predicted octanol–water partition coefficient (Wildman–Crippen LogP) is 3.39. The van der Waals surface area contributed by atoms with Gasteiger partial charge in [0.25, 0.3) is 0 Å². The molecule has 1 fully saturated rings. The van der Waals surface area contributed by atoms with Crippen molar-refractivity contribution in [3.63, 3.8) is 0 Å². The van der Waals surface area contributed by atoms with E-state index in [0.717, 1.165) is 31.9 Å². The van der Waals surface area contributed by atoms with Gasteiger partial charge in [-0.3, -0.25) is 4.79 Å². The van der Waals surface area contributed by atoms with Crippen molar-refractivity contribution in [2.45, 2.75) is 13.3 Å². The number of rotatable bonds is 5. The van der Waals surface area contributed by atoms with Gasteiger partial charge in [-0.15, -0.1) is 0 Å². The lowest BCUT2D eigenvalue weighted by Crippen LogP contribution is -2.44. The quantitative estimate of drug-likeness (QED) is 0.893. The standard InChI is InChI=1S/C21H26FN3O/c1-16(15-17-5-3-4-6-20(17)22)21(26)23-18-7-9-19(10-8-18)25-13-11-24(2)12-14-25/h3-10,16H,11-15H2,1-2H3,(H,23,26). The molecule has 2 aromatic rings. The molecule has 1 unspecified atom stereocenters. The third-order valence-corrected chi connectivity index (χ3v) is 4.93. The summed E-state index contributed by atoms with van der Waals surface area (Å²) in [5, 5.41) is 2.93. The molecule has 0 aromatic heterocycles. The molecule has 0 saturated carbocycles. The molecule has 1 aliphatic heterocycles. The maximum atomic E-state index is 13.7. The van der Waals surface area contributed by atoms with Gasteiger partial charge in [0.2, 0.25) is 5.91 Å². The minimum absolute atomic E-state index is 0.0967. The zero-order valence-corrected chi connectivity index (χ0v) is 15.4. The minimum atomic E-state index is -0.302. The van der Waals surface area contributed by atoms with Crippen LogP contribution in [0.2, 0.25) is 0 Å². The molecule has 1 N–H and O–H groups in total. The summed E-state index contributed by atoms with van der Waals surface area (Å²) >= 11 is 0. The summed E-state index contributed by atoms with van der Waals surface area (Å²) in [6, 6.07) is 14.6. The Morgan fingerprint density at radius 2 is 1.73 bits per heavy atom. The lowest BCUT2D eigenvalue weighted by atomic mass is 10.00. The molecule has 1 amide bonds. The molecule has 5 heteroatoms. The summed E-state index contributed by atoms with van der Waals surface area (Å²) in [4.78, 5) is 17.1. The fraction of sp³-hybridized carbons (Fsp3) is 0.381. The molecule has 26 heavy (non-hydrogen) atoms. The van der Waals surface area contributed by atoms with E-state index in [0.29, 0.717) is 12.0 Å². The number of carbonyl (C=O) groups excluding carboxylic acids is 1. The van der Waals surface area contributed by atoms with Gasteiger partial charge in [0.05, 0.1) is 0 Å². The number of amides is 1. The van der Waals surface area contributed by atoms with Crippen LogP contribution in [0.1, 0.15) is 12.5 Å². The fourth-order valence-electron chi connectivity index (χ4n) is 3.17. The second-order valence-electron chi connectivity index (χ2n) is 7.02. The number of carbonyl (C=O) groups is 1. The number of anilines is 2. The number of nitrogens with zero attached hydrogens (tertiary/aromatic N) is 2. The SMILES string of the molecule is CC(Cc1ccccc1F)C(=O)Nc1ccc(N2CCN(C)CC2)cc1. The maximum Gasteiger partial charge on any atom is 0.227 e. The van der Waals surface area contributed by atoms with Crippen LogP contribution in [0.25, 0.3) is 0 Å². The van der Waals surface area contributed by atoms with Crippen molar-refractivity contribution in [1.82, 2.24) is 4.90 Å². The molecular formula is C21H26FN3O. The van der Waals surface area contributed by atoms with Crippen LogP contribution in [0.3, 0.4) is 0 Å². The Morgan fingerprint density at radius 3 is 2.38 bits per heavy atom. The average molecular weight is 355 g/mol. The molecule has 1 aliphatic rings. The second kappa shape index (κ2) is 8.32. The van der Waals surface area contributed by atoms with Crippen LogP contribution in [0, 0.1) is 11.7 Å². The Morgan fingerprint density at radius 1 is 1.08 bits per heavy atom. The highest BCUT2D eigenvalue weighted by Crippen LogP contribution is 2.20. The van der Waals surface area contributed by atoms with Gasteiger partial charge in [-0.25, -0.2) is 4.39 Å². The molecule has 0 aliphatic carbocycles. The number of halogens is 1. The first-order chi connectivity index (χ1) is 12.5. The molecule has 2 aromatic carbocycles. The van der Waals surface area contributed by atoms with Crippen molar-refractivity contribution in [2.75, 3.05) is 43.4 Å². The first-order valence-corrected chi connectivity index (χ1v) is 9.11. The number of hydrogen-bond donors (Lipinski definition) is 1. The Kier molecular flexibility index (Phi) is 5.89. The topological polar surface area (TPSA) is 35.6 Å². The van der Waals surface area contributed by atoms with Gasteiger partial charge in [0, 0.05) is 43.5 Å². The van der Waals surface area contributed by atoms with E-state index in [9.17, 15) is 9.18 Å². The van der Waals surface area contributed by atoms with Crippen molar-refractivity contribution in [3.05, 3.63) is 59.9 Å². The Balaban J connectivity index is 1.56.